The van der Waals surface area contributed by atoms with Crippen LogP contribution in [0.25, 0.3) is 11.3 Å². The number of rotatable bonds is 7. The Hall–Kier alpha value is -2.56. The second-order valence-corrected chi connectivity index (χ2v) is 6.92. The quantitative estimate of drug-likeness (QED) is 0.400. The van der Waals surface area contributed by atoms with Gasteiger partial charge in [0.2, 0.25) is 0 Å². The van der Waals surface area contributed by atoms with Crippen LogP contribution in [0, 0.1) is 9.39 Å². The molecule has 2 aromatic heterocycles. The number of nitrogens with zero attached hydrogens (tertiary/aromatic N) is 3. The first-order valence-electron chi connectivity index (χ1n) is 8.21. The molecule has 0 unspecified atom stereocenters. The van der Waals surface area contributed by atoms with Crippen molar-refractivity contribution in [3.63, 3.8) is 0 Å². The van der Waals surface area contributed by atoms with Crippen LogP contribution in [0.1, 0.15) is 22.5 Å². The molecule has 2 heterocycles. The third-order valence-corrected chi connectivity index (χ3v) is 4.74. The number of pyridine rings is 1. The second kappa shape index (κ2) is 8.89. The minimum Gasteiger partial charge on any atom is -0.496 e. The summed E-state index contributed by atoms with van der Waals surface area (Å²) in [6.45, 7) is 0.432. The van der Waals surface area contributed by atoms with Crippen LogP contribution in [-0.4, -0.2) is 40.0 Å². The van der Waals surface area contributed by atoms with E-state index in [4.69, 9.17) is 4.74 Å². The number of benzene rings is 1. The lowest BCUT2D eigenvalue weighted by Crippen LogP contribution is -2.25. The molecule has 3 aromatic rings. The maximum atomic E-state index is 13.1. The predicted molar refractivity (Wildman–Crippen MR) is 106 cm³/mol. The highest BCUT2D eigenvalue weighted by atomic mass is 127. The SMILES string of the molecule is COc1ccc(-c2[nH]nnc2C(=O)NCCCc2cncc(F)c2)cc1I. The number of nitrogens with one attached hydrogen (secondary N) is 2. The average molecular weight is 481 g/mol. The van der Waals surface area contributed by atoms with Crippen molar-refractivity contribution < 1.29 is 13.9 Å². The zero-order valence-corrected chi connectivity index (χ0v) is 16.7. The van der Waals surface area contributed by atoms with Gasteiger partial charge in [-0.05, 0) is 65.3 Å². The van der Waals surface area contributed by atoms with Gasteiger partial charge in [-0.25, -0.2) is 4.39 Å². The van der Waals surface area contributed by atoms with Gasteiger partial charge in [0.1, 0.15) is 11.6 Å². The number of aromatic nitrogens is 4. The lowest BCUT2D eigenvalue weighted by molar-refractivity contribution is 0.0949. The number of aryl methyl sites for hydroxylation is 1. The van der Waals surface area contributed by atoms with Crippen LogP contribution in [0.3, 0.4) is 0 Å². The van der Waals surface area contributed by atoms with Gasteiger partial charge in [-0.15, -0.1) is 5.10 Å². The van der Waals surface area contributed by atoms with Crippen molar-refractivity contribution in [2.45, 2.75) is 12.8 Å². The van der Waals surface area contributed by atoms with Crippen LogP contribution >= 0.6 is 22.6 Å². The first-order chi connectivity index (χ1) is 13.1. The summed E-state index contributed by atoms with van der Waals surface area (Å²) >= 11 is 2.16. The number of aromatic amines is 1. The Balaban J connectivity index is 1.61. The first-order valence-corrected chi connectivity index (χ1v) is 9.29. The minimum absolute atomic E-state index is 0.225. The molecule has 0 aliphatic carbocycles. The summed E-state index contributed by atoms with van der Waals surface area (Å²) in [6.07, 6.45) is 4.06. The van der Waals surface area contributed by atoms with Crippen LogP contribution in [0.5, 0.6) is 5.75 Å². The van der Waals surface area contributed by atoms with Crippen molar-refractivity contribution >= 4 is 28.5 Å². The molecule has 7 nitrogen and oxygen atoms in total. The average Bonchev–Trinajstić information content (AvgIpc) is 3.15. The third-order valence-electron chi connectivity index (χ3n) is 3.89. The van der Waals surface area contributed by atoms with E-state index in [1.807, 2.05) is 18.2 Å². The van der Waals surface area contributed by atoms with Gasteiger partial charge in [-0.1, -0.05) is 5.21 Å². The zero-order valence-electron chi connectivity index (χ0n) is 14.5. The molecule has 2 N–H and O–H groups in total. The molecule has 0 aliphatic heterocycles. The van der Waals surface area contributed by atoms with Gasteiger partial charge in [-0.3, -0.25) is 14.9 Å². The van der Waals surface area contributed by atoms with E-state index in [1.54, 1.807) is 13.3 Å². The van der Waals surface area contributed by atoms with E-state index < -0.39 is 0 Å². The Bertz CT molecular complexity index is 947. The molecule has 0 fully saturated rings. The molecule has 0 spiro atoms. The molecule has 1 aromatic carbocycles. The smallest absolute Gasteiger partial charge is 0.274 e. The van der Waals surface area contributed by atoms with Crippen molar-refractivity contribution in [3.8, 4) is 17.0 Å². The Morgan fingerprint density at radius 3 is 2.93 bits per heavy atom. The fraction of sp³-hybridized carbons (Fsp3) is 0.222. The number of amides is 1. The number of carbonyl (C=O) groups is 1. The lowest BCUT2D eigenvalue weighted by atomic mass is 10.1. The molecule has 1 amide bonds. The number of hydrogen-bond donors (Lipinski definition) is 2. The predicted octanol–water partition coefficient (Wildman–Crippen LogP) is 2.98. The molecular formula is C18H17FIN5O2. The van der Waals surface area contributed by atoms with Crippen molar-refractivity contribution in [2.24, 2.45) is 0 Å². The number of methoxy groups -OCH3 is 1. The first kappa shape index (κ1) is 19.2. The normalized spacial score (nSPS) is 10.6. The monoisotopic (exact) mass is 481 g/mol. The largest absolute Gasteiger partial charge is 0.496 e. The molecule has 3 rings (SSSR count). The van der Waals surface area contributed by atoms with Crippen LogP contribution < -0.4 is 10.1 Å². The van der Waals surface area contributed by atoms with E-state index in [-0.39, 0.29) is 17.4 Å². The van der Waals surface area contributed by atoms with E-state index in [9.17, 15) is 9.18 Å². The molecule has 0 saturated carbocycles. The van der Waals surface area contributed by atoms with E-state index in [1.165, 1.54) is 6.07 Å². The fourth-order valence-corrected chi connectivity index (χ4v) is 3.32. The van der Waals surface area contributed by atoms with Crippen molar-refractivity contribution in [2.75, 3.05) is 13.7 Å². The van der Waals surface area contributed by atoms with Gasteiger partial charge in [-0.2, -0.15) is 0 Å². The highest BCUT2D eigenvalue weighted by molar-refractivity contribution is 14.1. The maximum absolute atomic E-state index is 13.1. The van der Waals surface area contributed by atoms with Gasteiger partial charge < -0.3 is 10.1 Å². The summed E-state index contributed by atoms with van der Waals surface area (Å²) in [7, 11) is 1.60. The molecule has 140 valence electrons. The van der Waals surface area contributed by atoms with Crippen LogP contribution in [0.2, 0.25) is 0 Å². The Morgan fingerprint density at radius 2 is 2.19 bits per heavy atom. The Kier molecular flexibility index (Phi) is 6.32. The number of carbonyl (C=O) groups excluding carboxylic acids is 1. The van der Waals surface area contributed by atoms with Crippen molar-refractivity contribution in [3.05, 3.63) is 57.3 Å². The summed E-state index contributed by atoms with van der Waals surface area (Å²) in [5.74, 6) is 0.0736. The van der Waals surface area contributed by atoms with E-state index in [0.717, 1.165) is 26.6 Å². The Labute approximate surface area is 168 Å². The van der Waals surface area contributed by atoms with Crippen LogP contribution in [-0.2, 0) is 6.42 Å². The molecule has 0 atom stereocenters. The summed E-state index contributed by atoms with van der Waals surface area (Å²) in [5, 5.41) is 13.2. The molecule has 0 radical (unpaired) electrons. The van der Waals surface area contributed by atoms with Crippen molar-refractivity contribution in [1.29, 1.82) is 0 Å². The summed E-state index contributed by atoms with van der Waals surface area (Å²) in [4.78, 5) is 16.2. The number of H-pyrrole nitrogens is 1. The number of halogens is 2. The summed E-state index contributed by atoms with van der Waals surface area (Å²) in [6, 6.07) is 6.99. The highest BCUT2D eigenvalue weighted by Crippen LogP contribution is 2.27. The molecule has 0 bridgehead atoms. The molecule has 27 heavy (non-hydrogen) atoms. The van der Waals surface area contributed by atoms with Crippen molar-refractivity contribution in [1.82, 2.24) is 25.7 Å². The van der Waals surface area contributed by atoms with Gasteiger partial charge in [0.05, 0.1) is 22.6 Å². The molecule has 9 heteroatoms. The topological polar surface area (TPSA) is 92.8 Å². The van der Waals surface area contributed by atoms with Crippen LogP contribution in [0.4, 0.5) is 4.39 Å². The second-order valence-electron chi connectivity index (χ2n) is 5.76. The van der Waals surface area contributed by atoms with E-state index >= 15 is 0 Å². The standard InChI is InChI=1S/C18H17FIN5O2/c1-27-15-5-4-12(8-14(15)20)16-17(24-25-23-16)18(26)22-6-2-3-11-7-13(19)10-21-9-11/h4-5,7-10H,2-3,6H2,1H3,(H,22,26)(H,23,24,25). The number of ether oxygens (including phenoxy) is 1. The van der Waals surface area contributed by atoms with Gasteiger partial charge in [0.15, 0.2) is 5.69 Å². The summed E-state index contributed by atoms with van der Waals surface area (Å²) in [5.41, 5.74) is 2.35. The van der Waals surface area contributed by atoms with Gasteiger partial charge >= 0.3 is 0 Å². The fourth-order valence-electron chi connectivity index (χ4n) is 2.58. The Morgan fingerprint density at radius 1 is 1.33 bits per heavy atom. The third kappa shape index (κ3) is 4.79. The zero-order chi connectivity index (χ0) is 19.2. The molecule has 0 saturated heterocycles. The minimum atomic E-state index is -0.363. The molecule has 0 aliphatic rings. The van der Waals surface area contributed by atoms with Gasteiger partial charge in [0, 0.05) is 18.3 Å². The highest BCUT2D eigenvalue weighted by Gasteiger charge is 2.18. The molecular weight excluding hydrogens is 464 g/mol. The lowest BCUT2D eigenvalue weighted by Gasteiger charge is -2.07. The van der Waals surface area contributed by atoms with E-state index in [2.05, 4.69) is 48.3 Å². The van der Waals surface area contributed by atoms with Gasteiger partial charge in [0.25, 0.3) is 5.91 Å². The number of hydrogen-bond acceptors (Lipinski definition) is 5. The van der Waals surface area contributed by atoms with E-state index in [0.29, 0.717) is 25.1 Å². The maximum Gasteiger partial charge on any atom is 0.274 e. The summed E-state index contributed by atoms with van der Waals surface area (Å²) < 4.78 is 19.3. The van der Waals surface area contributed by atoms with Crippen LogP contribution in [0.15, 0.2) is 36.7 Å².